The molecule has 1 fully saturated rings. The van der Waals surface area contributed by atoms with E-state index in [-0.39, 0.29) is 0 Å². The molecule has 0 radical (unpaired) electrons. The van der Waals surface area contributed by atoms with Crippen LogP contribution in [0.1, 0.15) is 34.1 Å². The second kappa shape index (κ2) is 1.91. The van der Waals surface area contributed by atoms with Crippen molar-refractivity contribution in [2.75, 3.05) is 5.75 Å². The molecular weight excluding hydrogens is 128 g/mol. The molecule has 54 valence electrons. The molecule has 0 aromatic carbocycles. The largest absolute Gasteiger partial charge is 0.155 e. The summed E-state index contributed by atoms with van der Waals surface area (Å²) in [4.78, 5) is 0. The highest BCUT2D eigenvalue weighted by Crippen LogP contribution is 2.51. The Morgan fingerprint density at radius 2 is 1.78 bits per heavy atom. The summed E-state index contributed by atoms with van der Waals surface area (Å²) in [6, 6.07) is 0. The molecule has 0 bridgehead atoms. The van der Waals surface area contributed by atoms with Crippen molar-refractivity contribution in [1.82, 2.24) is 0 Å². The standard InChI is InChI=1S/C8H16S/c1-7(2,3)8(4)5-6-9-8/h5-6H2,1-4H3. The molecule has 1 aliphatic rings. The Kier molecular flexibility index (Phi) is 1.59. The Morgan fingerprint density at radius 3 is 1.78 bits per heavy atom. The average Bonchev–Trinajstić information content (AvgIpc) is 1.57. The zero-order valence-electron chi connectivity index (χ0n) is 6.82. The summed E-state index contributed by atoms with van der Waals surface area (Å²) in [6.45, 7) is 9.37. The highest BCUT2D eigenvalue weighted by molar-refractivity contribution is 8.02. The lowest BCUT2D eigenvalue weighted by Gasteiger charge is -2.48. The van der Waals surface area contributed by atoms with Gasteiger partial charge in [-0.05, 0) is 24.5 Å². The molecule has 1 saturated heterocycles. The van der Waals surface area contributed by atoms with Crippen LogP contribution in [0.4, 0.5) is 0 Å². The molecule has 1 aliphatic heterocycles. The lowest BCUT2D eigenvalue weighted by molar-refractivity contribution is 0.278. The van der Waals surface area contributed by atoms with Gasteiger partial charge in [0.05, 0.1) is 0 Å². The van der Waals surface area contributed by atoms with Gasteiger partial charge in [0.25, 0.3) is 0 Å². The maximum atomic E-state index is 2.38. The van der Waals surface area contributed by atoms with E-state index in [0.717, 1.165) is 0 Å². The Labute approximate surface area is 62.4 Å². The van der Waals surface area contributed by atoms with Gasteiger partial charge in [-0.3, -0.25) is 0 Å². The fourth-order valence-electron chi connectivity index (χ4n) is 1.000. The van der Waals surface area contributed by atoms with Crippen LogP contribution in [-0.2, 0) is 0 Å². The predicted molar refractivity (Wildman–Crippen MR) is 44.9 cm³/mol. The summed E-state index contributed by atoms with van der Waals surface area (Å²) in [6.07, 6.45) is 1.40. The van der Waals surface area contributed by atoms with Crippen molar-refractivity contribution >= 4 is 11.8 Å². The Balaban J connectivity index is 2.59. The molecule has 0 aromatic rings. The normalized spacial score (nSPS) is 36.0. The van der Waals surface area contributed by atoms with Crippen LogP contribution in [0.3, 0.4) is 0 Å². The molecule has 0 amide bonds. The third-order valence-corrected chi connectivity index (χ3v) is 4.45. The molecule has 0 nitrogen and oxygen atoms in total. The first-order valence-electron chi connectivity index (χ1n) is 3.60. The zero-order chi connectivity index (χ0) is 7.12. The van der Waals surface area contributed by atoms with Gasteiger partial charge in [-0.1, -0.05) is 20.8 Å². The first-order valence-corrected chi connectivity index (χ1v) is 4.58. The van der Waals surface area contributed by atoms with Gasteiger partial charge >= 0.3 is 0 Å². The van der Waals surface area contributed by atoms with Crippen LogP contribution in [0.2, 0.25) is 0 Å². The van der Waals surface area contributed by atoms with Crippen LogP contribution in [0, 0.1) is 5.41 Å². The minimum Gasteiger partial charge on any atom is -0.155 e. The number of rotatable bonds is 0. The van der Waals surface area contributed by atoms with Gasteiger partial charge in [-0.2, -0.15) is 11.8 Å². The van der Waals surface area contributed by atoms with E-state index < -0.39 is 0 Å². The topological polar surface area (TPSA) is 0 Å². The summed E-state index contributed by atoms with van der Waals surface area (Å²) in [5.41, 5.74) is 0.496. The molecule has 0 saturated carbocycles. The fraction of sp³-hybridized carbons (Fsp3) is 1.00. The van der Waals surface area contributed by atoms with Crippen LogP contribution in [0.15, 0.2) is 0 Å². The summed E-state index contributed by atoms with van der Waals surface area (Å²) < 4.78 is 0.576. The van der Waals surface area contributed by atoms with Gasteiger partial charge in [0.15, 0.2) is 0 Å². The van der Waals surface area contributed by atoms with Crippen LogP contribution in [-0.4, -0.2) is 10.5 Å². The molecule has 0 aromatic heterocycles. The van der Waals surface area contributed by atoms with E-state index in [4.69, 9.17) is 0 Å². The quantitative estimate of drug-likeness (QED) is 0.503. The van der Waals surface area contributed by atoms with E-state index in [1.165, 1.54) is 12.2 Å². The second-order valence-corrected chi connectivity index (χ2v) is 5.68. The zero-order valence-corrected chi connectivity index (χ0v) is 7.64. The summed E-state index contributed by atoms with van der Waals surface area (Å²) in [5, 5.41) is 0. The first-order chi connectivity index (χ1) is 3.96. The number of hydrogen-bond donors (Lipinski definition) is 0. The molecule has 0 spiro atoms. The van der Waals surface area contributed by atoms with Crippen LogP contribution in [0.5, 0.6) is 0 Å². The highest BCUT2D eigenvalue weighted by atomic mass is 32.2. The highest BCUT2D eigenvalue weighted by Gasteiger charge is 2.42. The molecular formula is C8H16S. The molecule has 1 heterocycles. The maximum absolute atomic E-state index is 2.38. The summed E-state index contributed by atoms with van der Waals surface area (Å²) in [5.74, 6) is 1.37. The van der Waals surface area contributed by atoms with E-state index in [2.05, 4.69) is 39.5 Å². The van der Waals surface area contributed by atoms with Gasteiger partial charge in [0.2, 0.25) is 0 Å². The minimum atomic E-state index is 0.496. The predicted octanol–water partition coefficient (Wildman–Crippen LogP) is 2.93. The van der Waals surface area contributed by atoms with Crippen molar-refractivity contribution in [3.63, 3.8) is 0 Å². The third kappa shape index (κ3) is 1.12. The molecule has 9 heavy (non-hydrogen) atoms. The molecule has 1 rings (SSSR count). The molecule has 1 heteroatoms. The maximum Gasteiger partial charge on any atom is 0.0188 e. The minimum absolute atomic E-state index is 0.496. The van der Waals surface area contributed by atoms with Gasteiger partial charge in [-0.15, -0.1) is 0 Å². The van der Waals surface area contributed by atoms with Gasteiger partial charge in [-0.25, -0.2) is 0 Å². The van der Waals surface area contributed by atoms with Crippen LogP contribution in [0.25, 0.3) is 0 Å². The lowest BCUT2D eigenvalue weighted by Crippen LogP contribution is -2.43. The van der Waals surface area contributed by atoms with Crippen molar-refractivity contribution in [3.05, 3.63) is 0 Å². The second-order valence-electron chi connectivity index (χ2n) is 4.08. The van der Waals surface area contributed by atoms with E-state index in [1.54, 1.807) is 0 Å². The van der Waals surface area contributed by atoms with E-state index in [9.17, 15) is 0 Å². The molecule has 0 N–H and O–H groups in total. The van der Waals surface area contributed by atoms with E-state index >= 15 is 0 Å². The van der Waals surface area contributed by atoms with Crippen LogP contribution < -0.4 is 0 Å². The molecule has 1 atom stereocenters. The number of hydrogen-bond acceptors (Lipinski definition) is 1. The van der Waals surface area contributed by atoms with Crippen molar-refractivity contribution < 1.29 is 0 Å². The van der Waals surface area contributed by atoms with Gasteiger partial charge in [0.1, 0.15) is 0 Å². The third-order valence-electron chi connectivity index (χ3n) is 2.59. The van der Waals surface area contributed by atoms with E-state index in [0.29, 0.717) is 10.2 Å². The van der Waals surface area contributed by atoms with Crippen molar-refractivity contribution in [2.24, 2.45) is 5.41 Å². The van der Waals surface area contributed by atoms with Crippen molar-refractivity contribution in [3.8, 4) is 0 Å². The van der Waals surface area contributed by atoms with Crippen LogP contribution >= 0.6 is 11.8 Å². The summed E-state index contributed by atoms with van der Waals surface area (Å²) in [7, 11) is 0. The summed E-state index contributed by atoms with van der Waals surface area (Å²) >= 11 is 2.11. The Hall–Kier alpha value is 0.350. The SMILES string of the molecule is CC(C)(C)C1(C)CCS1. The van der Waals surface area contributed by atoms with E-state index in [1.807, 2.05) is 0 Å². The van der Waals surface area contributed by atoms with Crippen molar-refractivity contribution in [1.29, 1.82) is 0 Å². The fourth-order valence-corrected chi connectivity index (χ4v) is 2.25. The smallest absolute Gasteiger partial charge is 0.0188 e. The van der Waals surface area contributed by atoms with Gasteiger partial charge < -0.3 is 0 Å². The van der Waals surface area contributed by atoms with Gasteiger partial charge in [0, 0.05) is 4.75 Å². The first kappa shape index (κ1) is 7.46. The Morgan fingerprint density at radius 1 is 1.33 bits per heavy atom. The average molecular weight is 144 g/mol. The van der Waals surface area contributed by atoms with Crippen molar-refractivity contribution in [2.45, 2.75) is 38.9 Å². The Bertz CT molecular complexity index is 106. The monoisotopic (exact) mass is 144 g/mol. The lowest BCUT2D eigenvalue weighted by atomic mass is 9.79. The molecule has 0 aliphatic carbocycles. The number of thioether (sulfide) groups is 1. The molecule has 1 unspecified atom stereocenters.